The summed E-state index contributed by atoms with van der Waals surface area (Å²) in [5.74, 6) is 0. The lowest BCUT2D eigenvalue weighted by atomic mass is 10.0. The standard InChI is InChI=1S/C16H24Cl2N2S/c1-11-9-20(10-12(2)21-11)8-7-15(19-3)13-5-4-6-14(17)16(13)18/h4-6,11-12,15,19H,7-10H2,1-3H3. The van der Waals surface area contributed by atoms with E-state index >= 15 is 0 Å². The van der Waals surface area contributed by atoms with Crippen molar-refractivity contribution in [1.29, 1.82) is 0 Å². The third-order valence-electron chi connectivity index (χ3n) is 3.93. The van der Waals surface area contributed by atoms with Crippen LogP contribution in [0.2, 0.25) is 10.0 Å². The Hall–Kier alpha value is 0.0700. The third kappa shape index (κ3) is 4.77. The first-order valence-electron chi connectivity index (χ1n) is 7.50. The molecule has 118 valence electrons. The minimum atomic E-state index is 0.247. The van der Waals surface area contributed by atoms with Gasteiger partial charge in [0, 0.05) is 36.2 Å². The lowest BCUT2D eigenvalue weighted by Gasteiger charge is -2.35. The molecule has 1 fully saturated rings. The summed E-state index contributed by atoms with van der Waals surface area (Å²) in [7, 11) is 1.99. The molecule has 0 amide bonds. The van der Waals surface area contributed by atoms with Gasteiger partial charge in [0.1, 0.15) is 0 Å². The van der Waals surface area contributed by atoms with Crippen LogP contribution in [-0.2, 0) is 0 Å². The van der Waals surface area contributed by atoms with Gasteiger partial charge < -0.3 is 10.2 Å². The summed E-state index contributed by atoms with van der Waals surface area (Å²) in [5.41, 5.74) is 1.10. The number of nitrogens with zero attached hydrogens (tertiary/aromatic N) is 1. The van der Waals surface area contributed by atoms with E-state index in [2.05, 4.69) is 41.9 Å². The second kappa shape index (κ2) is 8.07. The number of hydrogen-bond acceptors (Lipinski definition) is 3. The molecule has 5 heteroatoms. The largest absolute Gasteiger partial charge is 0.313 e. The lowest BCUT2D eigenvalue weighted by molar-refractivity contribution is 0.256. The van der Waals surface area contributed by atoms with Gasteiger partial charge in [-0.05, 0) is 25.1 Å². The highest BCUT2D eigenvalue weighted by atomic mass is 35.5. The molecule has 1 saturated heterocycles. The average molecular weight is 347 g/mol. The van der Waals surface area contributed by atoms with E-state index < -0.39 is 0 Å². The van der Waals surface area contributed by atoms with Crippen LogP contribution in [-0.4, -0.2) is 42.1 Å². The molecule has 0 aromatic heterocycles. The fourth-order valence-electron chi connectivity index (χ4n) is 3.02. The molecule has 0 bridgehead atoms. The van der Waals surface area contributed by atoms with Crippen molar-refractivity contribution in [3.8, 4) is 0 Å². The van der Waals surface area contributed by atoms with E-state index in [1.54, 1.807) is 0 Å². The Morgan fingerprint density at radius 2 is 1.95 bits per heavy atom. The van der Waals surface area contributed by atoms with Gasteiger partial charge in [-0.2, -0.15) is 11.8 Å². The minimum absolute atomic E-state index is 0.247. The molecule has 1 heterocycles. The van der Waals surface area contributed by atoms with Gasteiger partial charge in [-0.3, -0.25) is 0 Å². The second-order valence-electron chi connectivity index (χ2n) is 5.79. The Morgan fingerprint density at radius 3 is 2.57 bits per heavy atom. The maximum atomic E-state index is 6.35. The minimum Gasteiger partial charge on any atom is -0.313 e. The summed E-state index contributed by atoms with van der Waals surface area (Å²) < 4.78 is 0. The zero-order valence-electron chi connectivity index (χ0n) is 12.9. The van der Waals surface area contributed by atoms with Crippen LogP contribution in [0.5, 0.6) is 0 Å². The Balaban J connectivity index is 1.98. The average Bonchev–Trinajstić information content (AvgIpc) is 2.43. The van der Waals surface area contributed by atoms with Gasteiger partial charge in [0.25, 0.3) is 0 Å². The van der Waals surface area contributed by atoms with Crippen LogP contribution in [0.15, 0.2) is 18.2 Å². The van der Waals surface area contributed by atoms with Crippen molar-refractivity contribution in [2.45, 2.75) is 36.8 Å². The number of benzene rings is 1. The van der Waals surface area contributed by atoms with Crippen LogP contribution in [0.1, 0.15) is 31.9 Å². The molecule has 1 aliphatic heterocycles. The van der Waals surface area contributed by atoms with Gasteiger partial charge in [0.05, 0.1) is 10.0 Å². The normalized spacial score (nSPS) is 25.0. The molecule has 1 aliphatic rings. The number of hydrogen-bond donors (Lipinski definition) is 1. The molecule has 0 spiro atoms. The monoisotopic (exact) mass is 346 g/mol. The van der Waals surface area contributed by atoms with Gasteiger partial charge in [-0.25, -0.2) is 0 Å². The fraction of sp³-hybridized carbons (Fsp3) is 0.625. The predicted octanol–water partition coefficient (Wildman–Crippen LogP) is 4.47. The van der Waals surface area contributed by atoms with E-state index in [0.717, 1.165) is 29.0 Å². The topological polar surface area (TPSA) is 15.3 Å². The Morgan fingerprint density at radius 1 is 1.29 bits per heavy atom. The van der Waals surface area contributed by atoms with Crippen molar-refractivity contribution in [3.63, 3.8) is 0 Å². The molecular weight excluding hydrogens is 323 g/mol. The summed E-state index contributed by atoms with van der Waals surface area (Å²) >= 11 is 14.6. The SMILES string of the molecule is CNC(CCN1CC(C)SC(C)C1)c1cccc(Cl)c1Cl. The first-order valence-corrected chi connectivity index (χ1v) is 9.20. The molecule has 2 nitrogen and oxygen atoms in total. The Bertz CT molecular complexity index is 460. The van der Waals surface area contributed by atoms with Gasteiger partial charge in [0.15, 0.2) is 0 Å². The van der Waals surface area contributed by atoms with Crippen molar-refractivity contribution in [2.24, 2.45) is 0 Å². The van der Waals surface area contributed by atoms with Crippen LogP contribution < -0.4 is 5.32 Å². The van der Waals surface area contributed by atoms with Gasteiger partial charge in [0.2, 0.25) is 0 Å². The number of halogens is 2. The molecule has 0 saturated carbocycles. The van der Waals surface area contributed by atoms with Crippen molar-refractivity contribution >= 4 is 35.0 Å². The quantitative estimate of drug-likeness (QED) is 0.846. The second-order valence-corrected chi connectivity index (χ2v) is 8.46. The molecule has 1 aromatic rings. The Labute approximate surface area is 142 Å². The summed E-state index contributed by atoms with van der Waals surface area (Å²) in [6, 6.07) is 6.12. The van der Waals surface area contributed by atoms with Crippen molar-refractivity contribution < 1.29 is 0 Å². The number of rotatable bonds is 5. The highest BCUT2D eigenvalue weighted by Gasteiger charge is 2.23. The zero-order valence-corrected chi connectivity index (χ0v) is 15.2. The summed E-state index contributed by atoms with van der Waals surface area (Å²) in [5, 5.41) is 6.12. The van der Waals surface area contributed by atoms with Gasteiger partial charge >= 0.3 is 0 Å². The molecule has 1 N–H and O–H groups in total. The highest BCUT2D eigenvalue weighted by Crippen LogP contribution is 2.32. The molecular formula is C16H24Cl2N2S. The van der Waals surface area contributed by atoms with Crippen LogP contribution >= 0.6 is 35.0 Å². The zero-order chi connectivity index (χ0) is 15.4. The van der Waals surface area contributed by atoms with E-state index in [1.165, 1.54) is 13.1 Å². The van der Waals surface area contributed by atoms with Crippen LogP contribution in [0.25, 0.3) is 0 Å². The van der Waals surface area contributed by atoms with Gasteiger partial charge in [-0.15, -0.1) is 0 Å². The van der Waals surface area contributed by atoms with Crippen LogP contribution in [0, 0.1) is 0 Å². The van der Waals surface area contributed by atoms with Gasteiger partial charge in [-0.1, -0.05) is 49.2 Å². The molecule has 2 rings (SSSR count). The van der Waals surface area contributed by atoms with Crippen molar-refractivity contribution in [1.82, 2.24) is 10.2 Å². The van der Waals surface area contributed by atoms with Crippen molar-refractivity contribution in [3.05, 3.63) is 33.8 Å². The first-order chi connectivity index (χ1) is 10.0. The van der Waals surface area contributed by atoms with Crippen LogP contribution in [0.3, 0.4) is 0 Å². The van der Waals surface area contributed by atoms with E-state index in [9.17, 15) is 0 Å². The summed E-state index contributed by atoms with van der Waals surface area (Å²) in [4.78, 5) is 2.56. The van der Waals surface area contributed by atoms with E-state index in [4.69, 9.17) is 23.2 Å². The molecule has 0 radical (unpaired) electrons. The molecule has 3 atom stereocenters. The third-order valence-corrected chi connectivity index (χ3v) is 6.00. The fourth-order valence-corrected chi connectivity index (χ4v) is 4.85. The van der Waals surface area contributed by atoms with E-state index in [-0.39, 0.29) is 6.04 Å². The molecule has 3 unspecified atom stereocenters. The maximum absolute atomic E-state index is 6.35. The lowest BCUT2D eigenvalue weighted by Crippen LogP contribution is -2.41. The smallest absolute Gasteiger partial charge is 0.0640 e. The predicted molar refractivity (Wildman–Crippen MR) is 95.8 cm³/mol. The summed E-state index contributed by atoms with van der Waals surface area (Å²) in [6.07, 6.45) is 1.04. The molecule has 1 aromatic carbocycles. The molecule has 0 aliphatic carbocycles. The first kappa shape index (κ1) is 17.4. The summed E-state index contributed by atoms with van der Waals surface area (Å²) in [6.45, 7) is 8.07. The molecule has 21 heavy (non-hydrogen) atoms. The number of nitrogens with one attached hydrogen (secondary N) is 1. The van der Waals surface area contributed by atoms with E-state index in [0.29, 0.717) is 10.0 Å². The highest BCUT2D eigenvalue weighted by molar-refractivity contribution is 8.00. The van der Waals surface area contributed by atoms with E-state index in [1.807, 2.05) is 19.2 Å². The maximum Gasteiger partial charge on any atom is 0.0640 e. The van der Waals surface area contributed by atoms with Crippen LogP contribution in [0.4, 0.5) is 0 Å². The number of thioether (sulfide) groups is 1. The van der Waals surface area contributed by atoms with Crippen molar-refractivity contribution in [2.75, 3.05) is 26.7 Å². The Kier molecular flexibility index (Phi) is 6.70.